The monoisotopic (exact) mass is 171 g/mol. The van der Waals surface area contributed by atoms with Crippen LogP contribution in [0.5, 0.6) is 0 Å². The largest absolute Gasteiger partial charge is 0.452 e. The van der Waals surface area contributed by atoms with Gasteiger partial charge in [0.25, 0.3) is 0 Å². The van der Waals surface area contributed by atoms with Gasteiger partial charge < -0.3 is 4.74 Å². The Bertz CT molecular complexity index is 191. The van der Waals surface area contributed by atoms with Crippen LogP contribution in [0.2, 0.25) is 0 Å². The summed E-state index contributed by atoms with van der Waals surface area (Å²) in [7, 11) is 1.29. The van der Waals surface area contributed by atoms with Crippen LogP contribution in [0.1, 0.15) is 25.7 Å². The zero-order valence-electron chi connectivity index (χ0n) is 7.21. The third kappa shape index (κ3) is 1.96. The maximum atomic E-state index is 11.2. The van der Waals surface area contributed by atoms with E-state index in [1.807, 2.05) is 0 Å². The molecule has 0 aliphatic carbocycles. The summed E-state index contributed by atoms with van der Waals surface area (Å²) in [6, 6.07) is 0. The fraction of sp³-hybridized carbons (Fsp3) is 0.750. The van der Waals surface area contributed by atoms with E-state index < -0.39 is 6.09 Å². The summed E-state index contributed by atoms with van der Waals surface area (Å²) in [5.74, 6) is -0.112. The molecule has 1 aliphatic heterocycles. The van der Waals surface area contributed by atoms with E-state index in [0.717, 1.165) is 19.3 Å². The molecule has 1 rings (SSSR count). The third-order valence-corrected chi connectivity index (χ3v) is 1.97. The highest BCUT2D eigenvalue weighted by atomic mass is 16.5. The van der Waals surface area contributed by atoms with Crippen molar-refractivity contribution in [2.24, 2.45) is 0 Å². The first kappa shape index (κ1) is 9.03. The Labute approximate surface area is 71.5 Å². The molecule has 1 fully saturated rings. The van der Waals surface area contributed by atoms with Crippen LogP contribution in [-0.2, 0) is 9.53 Å². The Kier molecular flexibility index (Phi) is 3.08. The Balaban J connectivity index is 2.59. The number of rotatable bonds is 0. The van der Waals surface area contributed by atoms with Gasteiger partial charge >= 0.3 is 6.09 Å². The molecule has 0 atom stereocenters. The number of ether oxygens (including phenoxy) is 1. The number of hydrogen-bond donors (Lipinski definition) is 0. The predicted molar refractivity (Wildman–Crippen MR) is 42.6 cm³/mol. The van der Waals surface area contributed by atoms with Crippen molar-refractivity contribution in [2.75, 3.05) is 13.7 Å². The molecule has 4 heteroatoms. The molecular weight excluding hydrogens is 158 g/mol. The molecule has 0 aromatic rings. The molecule has 1 aliphatic rings. The summed E-state index contributed by atoms with van der Waals surface area (Å²) < 4.78 is 4.48. The predicted octanol–water partition coefficient (Wildman–Crippen LogP) is 1.16. The quantitative estimate of drug-likeness (QED) is 0.549. The topological polar surface area (TPSA) is 46.6 Å². The van der Waals surface area contributed by atoms with Gasteiger partial charge in [0, 0.05) is 13.0 Å². The average Bonchev–Trinajstić information content (AvgIpc) is 2.28. The maximum absolute atomic E-state index is 11.2. The molecule has 0 saturated carbocycles. The zero-order chi connectivity index (χ0) is 8.97. The van der Waals surface area contributed by atoms with Crippen LogP contribution >= 0.6 is 0 Å². The highest BCUT2D eigenvalue weighted by Gasteiger charge is 2.22. The van der Waals surface area contributed by atoms with Gasteiger partial charge in [-0.3, -0.25) is 4.79 Å². The second-order valence-electron chi connectivity index (χ2n) is 2.83. The Morgan fingerprint density at radius 1 is 1.42 bits per heavy atom. The van der Waals surface area contributed by atoms with Crippen LogP contribution in [0.15, 0.2) is 0 Å². The fourth-order valence-corrected chi connectivity index (χ4v) is 1.29. The van der Waals surface area contributed by atoms with Crippen LogP contribution in [0.25, 0.3) is 0 Å². The van der Waals surface area contributed by atoms with Crippen molar-refractivity contribution in [3.63, 3.8) is 0 Å². The molecule has 12 heavy (non-hydrogen) atoms. The Hall–Kier alpha value is -1.06. The van der Waals surface area contributed by atoms with E-state index >= 15 is 0 Å². The summed E-state index contributed by atoms with van der Waals surface area (Å²) in [6.07, 6.45) is 2.73. The van der Waals surface area contributed by atoms with Gasteiger partial charge in [-0.2, -0.15) is 0 Å². The van der Waals surface area contributed by atoms with E-state index in [0.29, 0.717) is 13.0 Å². The second-order valence-corrected chi connectivity index (χ2v) is 2.83. The number of imide groups is 1. The molecule has 0 N–H and O–H groups in total. The van der Waals surface area contributed by atoms with Crippen molar-refractivity contribution in [1.29, 1.82) is 0 Å². The standard InChI is InChI=1S/C8H13NO3/c1-12-8(11)9-6-4-2-3-5-7(9)10/h2-6H2,1H3. The first-order valence-corrected chi connectivity index (χ1v) is 4.14. The molecule has 1 saturated heterocycles. The number of carbonyl (C=O) groups is 2. The molecular formula is C8H13NO3. The lowest BCUT2D eigenvalue weighted by Crippen LogP contribution is -2.36. The Morgan fingerprint density at radius 2 is 2.17 bits per heavy atom. The molecule has 0 unspecified atom stereocenters. The molecule has 68 valence electrons. The van der Waals surface area contributed by atoms with Crippen molar-refractivity contribution in [1.82, 2.24) is 4.90 Å². The van der Waals surface area contributed by atoms with Gasteiger partial charge in [0.05, 0.1) is 7.11 Å². The summed E-state index contributed by atoms with van der Waals surface area (Å²) >= 11 is 0. The van der Waals surface area contributed by atoms with Gasteiger partial charge in [0.1, 0.15) is 0 Å². The van der Waals surface area contributed by atoms with Crippen molar-refractivity contribution in [3.8, 4) is 0 Å². The van der Waals surface area contributed by atoms with Crippen LogP contribution in [0, 0.1) is 0 Å². The maximum Gasteiger partial charge on any atom is 0.416 e. The van der Waals surface area contributed by atoms with E-state index in [1.54, 1.807) is 0 Å². The summed E-state index contributed by atoms with van der Waals surface area (Å²) in [5.41, 5.74) is 0. The first-order chi connectivity index (χ1) is 5.75. The lowest BCUT2D eigenvalue weighted by molar-refractivity contribution is -0.128. The minimum Gasteiger partial charge on any atom is -0.452 e. The first-order valence-electron chi connectivity index (χ1n) is 4.14. The van der Waals surface area contributed by atoms with Crippen LogP contribution in [-0.4, -0.2) is 30.6 Å². The number of amides is 2. The molecule has 0 radical (unpaired) electrons. The zero-order valence-corrected chi connectivity index (χ0v) is 7.21. The summed E-state index contributed by atoms with van der Waals surface area (Å²) in [4.78, 5) is 23.4. The Morgan fingerprint density at radius 3 is 2.83 bits per heavy atom. The molecule has 4 nitrogen and oxygen atoms in total. The molecule has 0 aromatic heterocycles. The van der Waals surface area contributed by atoms with Gasteiger partial charge in [-0.05, 0) is 12.8 Å². The van der Waals surface area contributed by atoms with Crippen molar-refractivity contribution in [2.45, 2.75) is 25.7 Å². The van der Waals surface area contributed by atoms with Crippen molar-refractivity contribution in [3.05, 3.63) is 0 Å². The minimum atomic E-state index is -0.526. The highest BCUT2D eigenvalue weighted by Crippen LogP contribution is 2.11. The van der Waals surface area contributed by atoms with Crippen LogP contribution in [0.3, 0.4) is 0 Å². The normalized spacial score (nSPS) is 18.8. The number of nitrogens with zero attached hydrogens (tertiary/aromatic N) is 1. The van der Waals surface area contributed by atoms with Gasteiger partial charge in [0.15, 0.2) is 0 Å². The number of hydrogen-bond acceptors (Lipinski definition) is 3. The molecule has 0 bridgehead atoms. The molecule has 1 heterocycles. The van der Waals surface area contributed by atoms with Gasteiger partial charge in [-0.15, -0.1) is 0 Å². The van der Waals surface area contributed by atoms with Crippen molar-refractivity contribution < 1.29 is 14.3 Å². The summed E-state index contributed by atoms with van der Waals surface area (Å²) in [5, 5.41) is 0. The van der Waals surface area contributed by atoms with E-state index in [4.69, 9.17) is 0 Å². The van der Waals surface area contributed by atoms with E-state index in [2.05, 4.69) is 4.74 Å². The molecule has 0 aromatic carbocycles. The smallest absolute Gasteiger partial charge is 0.416 e. The fourth-order valence-electron chi connectivity index (χ4n) is 1.29. The van der Waals surface area contributed by atoms with Gasteiger partial charge in [-0.1, -0.05) is 6.42 Å². The summed E-state index contributed by atoms with van der Waals surface area (Å²) in [6.45, 7) is 0.505. The number of carbonyl (C=O) groups excluding carboxylic acids is 2. The van der Waals surface area contributed by atoms with E-state index in [1.165, 1.54) is 12.0 Å². The lowest BCUT2D eigenvalue weighted by Gasteiger charge is -2.15. The van der Waals surface area contributed by atoms with Crippen molar-refractivity contribution >= 4 is 12.0 Å². The molecule has 0 spiro atoms. The van der Waals surface area contributed by atoms with Gasteiger partial charge in [0.2, 0.25) is 5.91 Å². The van der Waals surface area contributed by atoms with E-state index in [-0.39, 0.29) is 5.91 Å². The lowest BCUT2D eigenvalue weighted by atomic mass is 10.2. The van der Waals surface area contributed by atoms with Crippen LogP contribution in [0.4, 0.5) is 4.79 Å². The second kappa shape index (κ2) is 4.09. The van der Waals surface area contributed by atoms with Gasteiger partial charge in [-0.25, -0.2) is 9.69 Å². The van der Waals surface area contributed by atoms with Crippen LogP contribution < -0.4 is 0 Å². The SMILES string of the molecule is COC(=O)N1CCCCCC1=O. The minimum absolute atomic E-state index is 0.112. The third-order valence-electron chi connectivity index (χ3n) is 1.97. The number of likely N-dealkylation sites (tertiary alicyclic amines) is 1. The van der Waals surface area contributed by atoms with E-state index in [9.17, 15) is 9.59 Å². The number of methoxy groups -OCH3 is 1. The molecule has 2 amide bonds. The highest BCUT2D eigenvalue weighted by molar-refractivity contribution is 5.91. The average molecular weight is 171 g/mol.